The number of anilines is 1. The van der Waals surface area contributed by atoms with Crippen LogP contribution < -0.4 is 10.1 Å². The largest absolute Gasteiger partial charge is 0.417 e. The van der Waals surface area contributed by atoms with E-state index in [-0.39, 0.29) is 6.61 Å². The van der Waals surface area contributed by atoms with Gasteiger partial charge in [0.2, 0.25) is 0 Å². The quantitative estimate of drug-likeness (QED) is 0.877. The fourth-order valence-corrected chi connectivity index (χ4v) is 1.83. The molecule has 0 saturated heterocycles. The molecule has 2 N–H and O–H groups in total. The summed E-state index contributed by atoms with van der Waals surface area (Å²) in [5.74, 6) is 0.501. The third-order valence-electron chi connectivity index (χ3n) is 2.75. The van der Waals surface area contributed by atoms with E-state index >= 15 is 0 Å². The molecular weight excluding hydrogens is 254 g/mol. The molecule has 0 radical (unpaired) electrons. The molecule has 2 aromatic rings. The second-order valence-corrected chi connectivity index (χ2v) is 4.36. The van der Waals surface area contributed by atoms with E-state index in [1.165, 1.54) is 0 Å². The third-order valence-corrected chi connectivity index (χ3v) is 2.75. The first-order valence-corrected chi connectivity index (χ1v) is 6.51. The third kappa shape index (κ3) is 4.40. The fourth-order valence-electron chi connectivity index (χ4n) is 1.83. The van der Waals surface area contributed by atoms with Gasteiger partial charge in [-0.3, -0.25) is 5.32 Å². The number of carbonyl (C=O) groups is 1. The van der Waals surface area contributed by atoms with Gasteiger partial charge in [-0.05, 0) is 42.7 Å². The molecular formula is C16H17NO3. The zero-order valence-electron chi connectivity index (χ0n) is 11.1. The van der Waals surface area contributed by atoms with Crippen LogP contribution in [0.2, 0.25) is 0 Å². The monoisotopic (exact) mass is 271 g/mol. The molecule has 0 saturated carbocycles. The summed E-state index contributed by atoms with van der Waals surface area (Å²) in [6, 6.07) is 16.4. The Morgan fingerprint density at radius 3 is 2.65 bits per heavy atom. The van der Waals surface area contributed by atoms with Crippen LogP contribution in [-0.2, 0) is 6.42 Å². The maximum atomic E-state index is 11.7. The topological polar surface area (TPSA) is 58.6 Å². The van der Waals surface area contributed by atoms with Gasteiger partial charge in [-0.25, -0.2) is 4.79 Å². The predicted octanol–water partition coefficient (Wildman–Crippen LogP) is 3.22. The van der Waals surface area contributed by atoms with Gasteiger partial charge >= 0.3 is 6.09 Å². The molecule has 0 spiro atoms. The van der Waals surface area contributed by atoms with Gasteiger partial charge in [0.25, 0.3) is 0 Å². The van der Waals surface area contributed by atoms with Crippen LogP contribution in [0.3, 0.4) is 0 Å². The normalized spacial score (nSPS) is 10.1. The minimum Gasteiger partial charge on any atom is -0.410 e. The second kappa shape index (κ2) is 7.31. The first-order chi connectivity index (χ1) is 9.78. The summed E-state index contributed by atoms with van der Waals surface area (Å²) < 4.78 is 5.15. The van der Waals surface area contributed by atoms with Crippen LogP contribution in [0, 0.1) is 0 Å². The molecule has 0 aromatic heterocycles. The number of ether oxygens (including phenoxy) is 1. The summed E-state index contributed by atoms with van der Waals surface area (Å²) in [5.41, 5.74) is 1.75. The standard InChI is InChI=1S/C16H17NO3/c18-11-5-7-13-6-4-8-14(12-13)17-16(19)20-15-9-2-1-3-10-15/h1-4,6,8-10,12,18H,5,7,11H2,(H,17,19). The van der Waals surface area contributed by atoms with Crippen molar-refractivity contribution in [3.05, 3.63) is 60.2 Å². The highest BCUT2D eigenvalue weighted by molar-refractivity contribution is 5.86. The van der Waals surface area contributed by atoms with Crippen LogP contribution in [0.15, 0.2) is 54.6 Å². The molecule has 4 nitrogen and oxygen atoms in total. The number of aliphatic hydroxyl groups excluding tert-OH is 1. The van der Waals surface area contributed by atoms with Gasteiger partial charge in [0.05, 0.1) is 0 Å². The van der Waals surface area contributed by atoms with Crippen molar-refractivity contribution in [1.82, 2.24) is 0 Å². The van der Waals surface area contributed by atoms with Crippen molar-refractivity contribution < 1.29 is 14.6 Å². The average molecular weight is 271 g/mol. The van der Waals surface area contributed by atoms with Crippen LogP contribution in [0.5, 0.6) is 5.75 Å². The van der Waals surface area contributed by atoms with Crippen molar-refractivity contribution >= 4 is 11.8 Å². The zero-order valence-corrected chi connectivity index (χ0v) is 11.1. The van der Waals surface area contributed by atoms with E-state index in [0.717, 1.165) is 12.0 Å². The summed E-state index contributed by atoms with van der Waals surface area (Å²) in [7, 11) is 0. The zero-order chi connectivity index (χ0) is 14.2. The smallest absolute Gasteiger partial charge is 0.410 e. The highest BCUT2D eigenvalue weighted by Gasteiger charge is 2.05. The number of rotatable bonds is 5. The maximum Gasteiger partial charge on any atom is 0.417 e. The van der Waals surface area contributed by atoms with Gasteiger partial charge < -0.3 is 9.84 Å². The van der Waals surface area contributed by atoms with Crippen LogP contribution in [0.25, 0.3) is 0 Å². The van der Waals surface area contributed by atoms with Gasteiger partial charge in [0.15, 0.2) is 0 Å². The first-order valence-electron chi connectivity index (χ1n) is 6.51. The Labute approximate surface area is 118 Å². The number of hydrogen-bond donors (Lipinski definition) is 2. The van der Waals surface area contributed by atoms with E-state index in [9.17, 15) is 4.79 Å². The van der Waals surface area contributed by atoms with Crippen LogP contribution in [0.1, 0.15) is 12.0 Å². The van der Waals surface area contributed by atoms with Crippen molar-refractivity contribution in [1.29, 1.82) is 0 Å². The summed E-state index contributed by atoms with van der Waals surface area (Å²) in [6.07, 6.45) is 0.966. The van der Waals surface area contributed by atoms with Crippen molar-refractivity contribution in [3.63, 3.8) is 0 Å². The first kappa shape index (κ1) is 14.1. The highest BCUT2D eigenvalue weighted by Crippen LogP contribution is 2.14. The van der Waals surface area contributed by atoms with Crippen molar-refractivity contribution in [2.75, 3.05) is 11.9 Å². The molecule has 1 amide bonds. The number of hydrogen-bond acceptors (Lipinski definition) is 3. The predicted molar refractivity (Wildman–Crippen MR) is 77.9 cm³/mol. The molecule has 0 fully saturated rings. The molecule has 4 heteroatoms. The molecule has 2 aromatic carbocycles. The summed E-state index contributed by atoms with van der Waals surface area (Å²) in [6.45, 7) is 0.160. The van der Waals surface area contributed by atoms with Crippen molar-refractivity contribution in [2.24, 2.45) is 0 Å². The molecule has 0 bridgehead atoms. The second-order valence-electron chi connectivity index (χ2n) is 4.36. The lowest BCUT2D eigenvalue weighted by atomic mass is 10.1. The number of aryl methyl sites for hydroxylation is 1. The lowest BCUT2D eigenvalue weighted by Gasteiger charge is -2.08. The van der Waals surface area contributed by atoms with Crippen molar-refractivity contribution in [3.8, 4) is 5.75 Å². The summed E-state index contributed by atoms with van der Waals surface area (Å²) in [5, 5.41) is 11.5. The Kier molecular flexibility index (Phi) is 5.15. The molecule has 0 aliphatic carbocycles. The van der Waals surface area contributed by atoms with Crippen LogP contribution in [-0.4, -0.2) is 17.8 Å². The highest BCUT2D eigenvalue weighted by atomic mass is 16.6. The number of aliphatic hydroxyl groups is 1. The number of nitrogens with one attached hydrogen (secondary N) is 1. The number of para-hydroxylation sites is 1. The lowest BCUT2D eigenvalue weighted by molar-refractivity contribution is 0.215. The Bertz CT molecular complexity index is 555. The van der Waals surface area contributed by atoms with E-state index in [2.05, 4.69) is 5.32 Å². The SMILES string of the molecule is O=C(Nc1cccc(CCCO)c1)Oc1ccccc1. The maximum absolute atomic E-state index is 11.7. The molecule has 20 heavy (non-hydrogen) atoms. The fraction of sp³-hybridized carbons (Fsp3) is 0.188. The summed E-state index contributed by atoms with van der Waals surface area (Å²) in [4.78, 5) is 11.7. The van der Waals surface area contributed by atoms with E-state index in [1.54, 1.807) is 30.3 Å². The molecule has 0 aliphatic heterocycles. The minimum atomic E-state index is -0.518. The molecule has 0 atom stereocenters. The van der Waals surface area contributed by atoms with Gasteiger partial charge in [-0.1, -0.05) is 30.3 Å². The van der Waals surface area contributed by atoms with Gasteiger partial charge in [-0.15, -0.1) is 0 Å². The Morgan fingerprint density at radius 1 is 1.10 bits per heavy atom. The Morgan fingerprint density at radius 2 is 1.90 bits per heavy atom. The lowest BCUT2D eigenvalue weighted by Crippen LogP contribution is -2.16. The van der Waals surface area contributed by atoms with Gasteiger partial charge in [0.1, 0.15) is 5.75 Å². The Hall–Kier alpha value is -2.33. The van der Waals surface area contributed by atoms with E-state index in [1.807, 2.05) is 24.3 Å². The number of carbonyl (C=O) groups excluding carboxylic acids is 1. The molecule has 0 aliphatic rings. The van der Waals surface area contributed by atoms with Gasteiger partial charge in [-0.2, -0.15) is 0 Å². The average Bonchev–Trinajstić information content (AvgIpc) is 2.46. The molecule has 104 valence electrons. The summed E-state index contributed by atoms with van der Waals surface area (Å²) >= 11 is 0. The number of amides is 1. The molecule has 0 heterocycles. The van der Waals surface area contributed by atoms with Crippen molar-refractivity contribution in [2.45, 2.75) is 12.8 Å². The Balaban J connectivity index is 1.94. The molecule has 2 rings (SSSR count). The minimum absolute atomic E-state index is 0.160. The van der Waals surface area contributed by atoms with E-state index in [0.29, 0.717) is 17.9 Å². The van der Waals surface area contributed by atoms with Crippen LogP contribution >= 0.6 is 0 Å². The van der Waals surface area contributed by atoms with Gasteiger partial charge in [0, 0.05) is 12.3 Å². The van der Waals surface area contributed by atoms with Crippen LogP contribution in [0.4, 0.5) is 10.5 Å². The van der Waals surface area contributed by atoms with E-state index < -0.39 is 6.09 Å². The molecule has 0 unspecified atom stereocenters. The number of benzene rings is 2. The van der Waals surface area contributed by atoms with E-state index in [4.69, 9.17) is 9.84 Å².